The Morgan fingerprint density at radius 2 is 1.62 bits per heavy atom. The van der Waals surface area contributed by atoms with Gasteiger partial charge in [0.2, 0.25) is 5.91 Å². The van der Waals surface area contributed by atoms with E-state index in [2.05, 4.69) is 79.2 Å². The molecule has 1 aliphatic heterocycles. The molecule has 29 heavy (non-hydrogen) atoms. The van der Waals surface area contributed by atoms with E-state index in [1.54, 1.807) is 11.8 Å². The lowest BCUT2D eigenvalue weighted by atomic mass is 9.91. The summed E-state index contributed by atoms with van der Waals surface area (Å²) in [5, 5.41) is 0.317. The van der Waals surface area contributed by atoms with Gasteiger partial charge in [0.05, 0.1) is 18.6 Å². The number of ether oxygens (including phenoxy) is 1. The highest BCUT2D eigenvalue weighted by Crippen LogP contribution is 2.46. The maximum absolute atomic E-state index is 13.3. The summed E-state index contributed by atoms with van der Waals surface area (Å²) in [5.41, 5.74) is 2.05. The van der Waals surface area contributed by atoms with Gasteiger partial charge in [-0.05, 0) is 48.3 Å². The van der Waals surface area contributed by atoms with Crippen LogP contribution in [0.4, 0.5) is 0 Å². The fraction of sp³-hybridized carbons (Fsp3) is 0.864. The fourth-order valence-corrected chi connectivity index (χ4v) is 6.92. The third-order valence-corrected chi connectivity index (χ3v) is 17.5. The summed E-state index contributed by atoms with van der Waals surface area (Å²) in [6.07, 6.45) is 2.90. The Balaban J connectivity index is 3.07. The van der Waals surface area contributed by atoms with Gasteiger partial charge >= 0.3 is 0 Å². The van der Waals surface area contributed by atoms with Crippen LogP contribution in [0.25, 0.3) is 0 Å². The van der Waals surface area contributed by atoms with Crippen molar-refractivity contribution in [3.8, 4) is 0 Å². The monoisotopic (exact) mass is 459 g/mol. The van der Waals surface area contributed by atoms with Crippen molar-refractivity contribution in [2.24, 2.45) is 0 Å². The molecule has 7 heteroatoms. The molecule has 0 aromatic rings. The molecule has 1 atom stereocenters. The molecule has 170 valence electrons. The topological polar surface area (TPSA) is 38.8 Å². The van der Waals surface area contributed by atoms with Gasteiger partial charge in [0.25, 0.3) is 0 Å². The third-order valence-electron chi connectivity index (χ3n) is 7.17. The number of carbonyl (C=O) groups excluding carboxylic acids is 1. The van der Waals surface area contributed by atoms with E-state index in [-0.39, 0.29) is 22.0 Å². The molecule has 0 aliphatic carbocycles. The van der Waals surface area contributed by atoms with Crippen molar-refractivity contribution in [2.75, 3.05) is 25.4 Å². The van der Waals surface area contributed by atoms with Crippen molar-refractivity contribution in [1.29, 1.82) is 0 Å². The van der Waals surface area contributed by atoms with Crippen LogP contribution in [0.1, 0.15) is 54.9 Å². The largest absolute Gasteiger partial charge is 0.417 e. The van der Waals surface area contributed by atoms with Crippen LogP contribution in [0.5, 0.6) is 0 Å². The van der Waals surface area contributed by atoms with Gasteiger partial charge in [-0.1, -0.05) is 54.6 Å². The SMILES string of the molecule is CSCOCC(C)=C1C(=O)N([Si](C)(C)C(C)(C)C)[C@@H]1CCO[Si](C)(C)C(C)(C)C. The summed E-state index contributed by atoms with van der Waals surface area (Å²) in [5.74, 6) is 0.878. The van der Waals surface area contributed by atoms with Crippen LogP contribution in [-0.2, 0) is 14.0 Å². The van der Waals surface area contributed by atoms with Gasteiger partial charge in [0.1, 0.15) is 0 Å². The van der Waals surface area contributed by atoms with E-state index < -0.39 is 16.6 Å². The van der Waals surface area contributed by atoms with E-state index in [1.807, 2.05) is 6.26 Å². The molecule has 1 heterocycles. The lowest BCUT2D eigenvalue weighted by molar-refractivity contribution is -0.131. The Bertz CT molecular complexity index is 619. The first-order valence-corrected chi connectivity index (χ1v) is 18.0. The second-order valence-electron chi connectivity index (χ2n) is 11.3. The molecule has 4 nitrogen and oxygen atoms in total. The van der Waals surface area contributed by atoms with Crippen LogP contribution in [0.2, 0.25) is 36.3 Å². The zero-order valence-corrected chi connectivity index (χ0v) is 23.8. The van der Waals surface area contributed by atoms with Crippen molar-refractivity contribution in [1.82, 2.24) is 4.57 Å². The maximum Gasteiger partial charge on any atom is 0.244 e. The van der Waals surface area contributed by atoms with E-state index in [0.29, 0.717) is 19.2 Å². The summed E-state index contributed by atoms with van der Waals surface area (Å²) in [6, 6.07) is 0.158. The standard InChI is InChI=1S/C22H45NO3SSi2/c1-17(15-25-16-27-8)19-18(13-14-26-29(11,12)22(5,6)7)23(20(19)24)28(9,10)21(2,3)4/h18H,13-16H2,1-12H3/t18-/m1/s1. The number of hydrogen-bond donors (Lipinski definition) is 0. The Hall–Kier alpha value is -0.0862. The predicted octanol–water partition coefficient (Wildman–Crippen LogP) is 6.27. The van der Waals surface area contributed by atoms with Crippen LogP contribution in [0.15, 0.2) is 11.1 Å². The minimum absolute atomic E-state index is 0.121. The summed E-state index contributed by atoms with van der Waals surface area (Å²) < 4.78 is 14.4. The zero-order valence-electron chi connectivity index (χ0n) is 21.0. The molecular weight excluding hydrogens is 414 g/mol. The Kier molecular flexibility index (Phi) is 8.91. The lowest BCUT2D eigenvalue weighted by Gasteiger charge is -2.56. The first-order valence-electron chi connectivity index (χ1n) is 10.7. The first kappa shape index (κ1) is 26.9. The van der Waals surface area contributed by atoms with E-state index >= 15 is 0 Å². The maximum atomic E-state index is 13.3. The molecule has 0 spiro atoms. The molecule has 1 fully saturated rings. The molecule has 1 rings (SSSR count). The fourth-order valence-electron chi connectivity index (χ4n) is 3.22. The average Bonchev–Trinajstić information content (AvgIpc) is 2.51. The normalized spacial score (nSPS) is 20.8. The van der Waals surface area contributed by atoms with E-state index in [1.165, 1.54) is 0 Å². The average molecular weight is 460 g/mol. The second kappa shape index (κ2) is 9.59. The van der Waals surface area contributed by atoms with Crippen molar-refractivity contribution < 1.29 is 14.0 Å². The van der Waals surface area contributed by atoms with Gasteiger partial charge in [0.15, 0.2) is 16.6 Å². The van der Waals surface area contributed by atoms with Gasteiger partial charge in [-0.25, -0.2) is 0 Å². The molecule has 0 radical (unpaired) electrons. The van der Waals surface area contributed by atoms with Gasteiger partial charge in [-0.2, -0.15) is 0 Å². The molecule has 0 N–H and O–H groups in total. The lowest BCUT2D eigenvalue weighted by Crippen LogP contribution is -2.70. The number of hydrogen-bond acceptors (Lipinski definition) is 4. The summed E-state index contributed by atoms with van der Waals surface area (Å²) in [4.78, 5) is 13.3. The molecule has 0 saturated carbocycles. The zero-order chi connectivity index (χ0) is 22.8. The number of β-lactam (4-membered cyclic amide) rings is 1. The number of thioether (sulfide) groups is 1. The number of amides is 1. The Morgan fingerprint density at radius 1 is 1.07 bits per heavy atom. The van der Waals surface area contributed by atoms with E-state index in [4.69, 9.17) is 9.16 Å². The quantitative estimate of drug-likeness (QED) is 0.134. The van der Waals surface area contributed by atoms with Crippen molar-refractivity contribution >= 4 is 34.2 Å². The van der Waals surface area contributed by atoms with Crippen LogP contribution in [0.3, 0.4) is 0 Å². The Morgan fingerprint density at radius 3 is 2.07 bits per heavy atom. The molecule has 0 bridgehead atoms. The molecular formula is C22H45NO3SSi2. The number of nitrogens with zero attached hydrogens (tertiary/aromatic N) is 1. The second-order valence-corrected chi connectivity index (χ2v) is 22.1. The van der Waals surface area contributed by atoms with Crippen LogP contribution < -0.4 is 0 Å². The molecule has 0 aromatic heterocycles. The van der Waals surface area contributed by atoms with Crippen molar-refractivity contribution in [3.05, 3.63) is 11.1 Å². The molecule has 0 aromatic carbocycles. The van der Waals surface area contributed by atoms with Crippen molar-refractivity contribution in [2.45, 2.75) is 97.2 Å². The first-order chi connectivity index (χ1) is 13.0. The molecule has 1 saturated heterocycles. The molecule has 1 amide bonds. The van der Waals surface area contributed by atoms with Crippen LogP contribution >= 0.6 is 11.8 Å². The van der Waals surface area contributed by atoms with E-state index in [9.17, 15) is 4.79 Å². The van der Waals surface area contributed by atoms with Gasteiger partial charge in [0, 0.05) is 12.2 Å². The minimum Gasteiger partial charge on any atom is -0.417 e. The van der Waals surface area contributed by atoms with Gasteiger partial charge in [-0.3, -0.25) is 4.79 Å². The molecule has 0 unspecified atom stereocenters. The van der Waals surface area contributed by atoms with Crippen molar-refractivity contribution in [3.63, 3.8) is 0 Å². The minimum atomic E-state index is -1.95. The van der Waals surface area contributed by atoms with Crippen LogP contribution in [0, 0.1) is 0 Å². The highest BCUT2D eigenvalue weighted by Gasteiger charge is 2.54. The van der Waals surface area contributed by atoms with Gasteiger partial charge < -0.3 is 13.7 Å². The Labute approximate surface area is 186 Å². The summed E-state index contributed by atoms with van der Waals surface area (Å²) >= 11 is 1.66. The molecule has 1 aliphatic rings. The van der Waals surface area contributed by atoms with E-state index in [0.717, 1.165) is 17.6 Å². The van der Waals surface area contributed by atoms with Crippen LogP contribution in [-0.4, -0.2) is 58.5 Å². The van der Waals surface area contributed by atoms with Gasteiger partial charge in [-0.15, -0.1) is 11.8 Å². The number of carbonyl (C=O) groups is 1. The predicted molar refractivity (Wildman–Crippen MR) is 133 cm³/mol. The highest BCUT2D eigenvalue weighted by atomic mass is 32.2. The summed E-state index contributed by atoms with van der Waals surface area (Å²) in [6.45, 7) is 26.2. The number of rotatable bonds is 9. The highest BCUT2D eigenvalue weighted by molar-refractivity contribution is 7.98. The summed E-state index contributed by atoms with van der Waals surface area (Å²) in [7, 11) is -3.74. The third kappa shape index (κ3) is 6.00. The smallest absolute Gasteiger partial charge is 0.244 e.